The zero-order chi connectivity index (χ0) is 15.6. The van der Waals surface area contributed by atoms with Gasteiger partial charge in [-0.3, -0.25) is 4.79 Å². The Hall–Kier alpha value is -1.28. The van der Waals surface area contributed by atoms with Gasteiger partial charge in [0.1, 0.15) is 9.96 Å². The number of benzene rings is 1. The summed E-state index contributed by atoms with van der Waals surface area (Å²) in [5.41, 5.74) is 0.0214. The molecule has 1 aromatic carbocycles. The highest BCUT2D eigenvalue weighted by molar-refractivity contribution is 7.92. The molecule has 0 aliphatic heterocycles. The molecule has 0 aliphatic rings. The van der Waals surface area contributed by atoms with E-state index in [1.807, 2.05) is 4.72 Å². The number of halogens is 2. The predicted molar refractivity (Wildman–Crippen MR) is 82.0 cm³/mol. The van der Waals surface area contributed by atoms with Crippen LogP contribution in [0, 0.1) is 0 Å². The van der Waals surface area contributed by atoms with E-state index in [4.69, 9.17) is 27.9 Å². The molecule has 21 heavy (non-hydrogen) atoms. The maximum atomic E-state index is 12.1. The number of carbonyl (C=O) groups excluding carboxylic acids is 1. The standard InChI is InChI=1S/C12H9Cl2NO4S2/c1-19-8-5-11(20-6-8)21(17,18)15-12(16)9-3-2-7(13)4-10(9)14/h2-6H,1H3,(H,15,16). The number of ether oxygens (including phenoxy) is 1. The molecule has 0 saturated carbocycles. The van der Waals surface area contributed by atoms with Crippen molar-refractivity contribution in [2.24, 2.45) is 0 Å². The third-order valence-corrected chi connectivity index (χ3v) is 5.75. The number of amides is 1. The summed E-state index contributed by atoms with van der Waals surface area (Å²) >= 11 is 12.5. The van der Waals surface area contributed by atoms with Crippen molar-refractivity contribution in [3.05, 3.63) is 45.3 Å². The molecule has 112 valence electrons. The molecule has 2 rings (SSSR count). The van der Waals surface area contributed by atoms with Crippen molar-refractivity contribution in [1.29, 1.82) is 0 Å². The average molecular weight is 366 g/mol. The summed E-state index contributed by atoms with van der Waals surface area (Å²) in [5, 5.41) is 1.94. The van der Waals surface area contributed by atoms with Crippen LogP contribution in [-0.4, -0.2) is 21.4 Å². The van der Waals surface area contributed by atoms with Crippen LogP contribution in [0.25, 0.3) is 0 Å². The van der Waals surface area contributed by atoms with E-state index in [-0.39, 0.29) is 14.8 Å². The Balaban J connectivity index is 2.25. The zero-order valence-electron chi connectivity index (χ0n) is 10.6. The third kappa shape index (κ3) is 3.68. The molecule has 1 N–H and O–H groups in total. The van der Waals surface area contributed by atoms with Gasteiger partial charge in [-0.25, -0.2) is 13.1 Å². The van der Waals surface area contributed by atoms with E-state index >= 15 is 0 Å². The minimum atomic E-state index is -3.98. The highest BCUT2D eigenvalue weighted by Crippen LogP contribution is 2.26. The number of thiophene rings is 1. The Kier molecular flexibility index (Phi) is 4.77. The van der Waals surface area contributed by atoms with E-state index in [0.29, 0.717) is 10.8 Å². The van der Waals surface area contributed by atoms with Gasteiger partial charge >= 0.3 is 0 Å². The maximum Gasteiger partial charge on any atom is 0.273 e. The molecule has 1 aromatic heterocycles. The van der Waals surface area contributed by atoms with Gasteiger partial charge in [-0.05, 0) is 18.2 Å². The fraction of sp³-hybridized carbons (Fsp3) is 0.0833. The van der Waals surface area contributed by atoms with Gasteiger partial charge in [-0.2, -0.15) is 0 Å². The quantitative estimate of drug-likeness (QED) is 0.902. The van der Waals surface area contributed by atoms with Crippen LogP contribution < -0.4 is 9.46 Å². The van der Waals surface area contributed by atoms with Crippen LogP contribution in [0.15, 0.2) is 33.9 Å². The largest absolute Gasteiger partial charge is 0.496 e. The number of hydrogen-bond donors (Lipinski definition) is 1. The number of carbonyl (C=O) groups is 1. The first-order chi connectivity index (χ1) is 9.83. The summed E-state index contributed by atoms with van der Waals surface area (Å²) in [6, 6.07) is 5.48. The first-order valence-corrected chi connectivity index (χ1v) is 8.60. The molecule has 1 heterocycles. The van der Waals surface area contributed by atoms with Gasteiger partial charge in [0.25, 0.3) is 15.9 Å². The highest BCUT2D eigenvalue weighted by atomic mass is 35.5. The number of nitrogens with one attached hydrogen (secondary N) is 1. The summed E-state index contributed by atoms with van der Waals surface area (Å²) in [6.45, 7) is 0. The summed E-state index contributed by atoms with van der Waals surface area (Å²) in [7, 11) is -2.56. The lowest BCUT2D eigenvalue weighted by atomic mass is 10.2. The Bertz CT molecular complexity index is 786. The molecule has 0 fully saturated rings. The van der Waals surface area contributed by atoms with Gasteiger partial charge in [0, 0.05) is 16.5 Å². The zero-order valence-corrected chi connectivity index (χ0v) is 13.7. The first kappa shape index (κ1) is 16.1. The second-order valence-corrected chi connectivity index (χ2v) is 7.53. The molecule has 0 radical (unpaired) electrons. The monoisotopic (exact) mass is 365 g/mol. The van der Waals surface area contributed by atoms with E-state index in [2.05, 4.69) is 0 Å². The molecule has 5 nitrogen and oxygen atoms in total. The molecule has 0 saturated heterocycles. The third-order valence-electron chi connectivity index (χ3n) is 2.45. The Labute approximate surface area is 135 Å². The van der Waals surface area contributed by atoms with Crippen molar-refractivity contribution in [2.75, 3.05) is 7.11 Å². The van der Waals surface area contributed by atoms with Crippen LogP contribution in [-0.2, 0) is 10.0 Å². The van der Waals surface area contributed by atoms with Crippen molar-refractivity contribution >= 4 is 50.5 Å². The first-order valence-electron chi connectivity index (χ1n) is 5.48. The van der Waals surface area contributed by atoms with E-state index < -0.39 is 15.9 Å². The minimum Gasteiger partial charge on any atom is -0.496 e. The Morgan fingerprint density at radius 2 is 2.00 bits per heavy atom. The summed E-state index contributed by atoms with van der Waals surface area (Å²) in [6.07, 6.45) is 0. The molecule has 2 aromatic rings. The summed E-state index contributed by atoms with van der Waals surface area (Å²) in [5.74, 6) is -0.429. The van der Waals surface area contributed by atoms with Crippen LogP contribution in [0.2, 0.25) is 10.0 Å². The molecule has 0 spiro atoms. The van der Waals surface area contributed by atoms with Gasteiger partial charge in [-0.1, -0.05) is 23.2 Å². The molecular weight excluding hydrogens is 357 g/mol. The van der Waals surface area contributed by atoms with E-state index in [1.165, 1.54) is 36.8 Å². The molecule has 9 heteroatoms. The molecular formula is C12H9Cl2NO4S2. The lowest BCUT2D eigenvalue weighted by molar-refractivity contribution is 0.0981. The smallest absolute Gasteiger partial charge is 0.273 e. The second kappa shape index (κ2) is 6.23. The molecule has 0 unspecified atom stereocenters. The van der Waals surface area contributed by atoms with Crippen molar-refractivity contribution < 1.29 is 17.9 Å². The van der Waals surface area contributed by atoms with Crippen LogP contribution >= 0.6 is 34.5 Å². The second-order valence-electron chi connectivity index (χ2n) is 3.86. The SMILES string of the molecule is COc1csc(S(=O)(=O)NC(=O)c2ccc(Cl)cc2Cl)c1. The average Bonchev–Trinajstić information content (AvgIpc) is 2.87. The van der Waals surface area contributed by atoms with Crippen LogP contribution in [0.1, 0.15) is 10.4 Å². The van der Waals surface area contributed by atoms with Gasteiger partial charge < -0.3 is 4.74 Å². The number of hydrogen-bond acceptors (Lipinski definition) is 5. The molecule has 0 atom stereocenters. The van der Waals surface area contributed by atoms with Crippen LogP contribution in [0.3, 0.4) is 0 Å². The number of sulfonamides is 1. The fourth-order valence-electron chi connectivity index (χ4n) is 1.45. The summed E-state index contributed by atoms with van der Waals surface area (Å²) < 4.78 is 31.0. The van der Waals surface area contributed by atoms with Crippen molar-refractivity contribution in [1.82, 2.24) is 4.72 Å². The van der Waals surface area contributed by atoms with Crippen LogP contribution in [0.5, 0.6) is 5.75 Å². The van der Waals surface area contributed by atoms with Crippen LogP contribution in [0.4, 0.5) is 0 Å². The molecule has 0 aliphatic carbocycles. The minimum absolute atomic E-state index is 0.0214. The molecule has 1 amide bonds. The lowest BCUT2D eigenvalue weighted by Gasteiger charge is -2.06. The normalized spacial score (nSPS) is 11.2. The fourth-order valence-corrected chi connectivity index (χ4v) is 4.03. The van der Waals surface area contributed by atoms with E-state index in [9.17, 15) is 13.2 Å². The van der Waals surface area contributed by atoms with Gasteiger partial charge in [-0.15, -0.1) is 11.3 Å². The Morgan fingerprint density at radius 1 is 1.29 bits per heavy atom. The van der Waals surface area contributed by atoms with Gasteiger partial charge in [0.05, 0.1) is 17.7 Å². The maximum absolute atomic E-state index is 12.1. The van der Waals surface area contributed by atoms with Gasteiger partial charge in [0.15, 0.2) is 0 Å². The van der Waals surface area contributed by atoms with Crippen molar-refractivity contribution in [3.8, 4) is 5.75 Å². The molecule has 0 bridgehead atoms. The van der Waals surface area contributed by atoms with Crippen molar-refractivity contribution in [3.63, 3.8) is 0 Å². The van der Waals surface area contributed by atoms with Crippen molar-refractivity contribution in [2.45, 2.75) is 4.21 Å². The van der Waals surface area contributed by atoms with E-state index in [1.54, 1.807) is 0 Å². The topological polar surface area (TPSA) is 72.5 Å². The lowest BCUT2D eigenvalue weighted by Crippen LogP contribution is -2.30. The van der Waals surface area contributed by atoms with E-state index in [0.717, 1.165) is 11.3 Å². The van der Waals surface area contributed by atoms with Gasteiger partial charge in [0.2, 0.25) is 0 Å². The predicted octanol–water partition coefficient (Wildman–Crippen LogP) is 3.18. The highest BCUT2D eigenvalue weighted by Gasteiger charge is 2.22. The number of rotatable bonds is 4. The Morgan fingerprint density at radius 3 is 2.57 bits per heavy atom. The number of methoxy groups -OCH3 is 1. The summed E-state index contributed by atoms with van der Waals surface area (Å²) in [4.78, 5) is 12.0.